The fourth-order valence-corrected chi connectivity index (χ4v) is 5.54. The van der Waals surface area contributed by atoms with Crippen LogP contribution >= 0.6 is 0 Å². The molecule has 2 atom stereocenters. The molecule has 0 radical (unpaired) electrons. The molecule has 2 aliphatic rings. The summed E-state index contributed by atoms with van der Waals surface area (Å²) < 4.78 is 5.40. The summed E-state index contributed by atoms with van der Waals surface area (Å²) in [5, 5.41) is 30.7. The van der Waals surface area contributed by atoms with E-state index in [1.54, 1.807) is 12.1 Å². The van der Waals surface area contributed by atoms with Crippen LogP contribution in [0, 0.1) is 47.5 Å². The number of rotatable bonds is 10. The largest absolute Gasteiger partial charge is 0.478 e. The van der Waals surface area contributed by atoms with Crippen LogP contribution in [0.5, 0.6) is 0 Å². The zero-order chi connectivity index (χ0) is 39.1. The van der Waals surface area contributed by atoms with Crippen LogP contribution in [0.2, 0.25) is 0 Å². The Morgan fingerprint density at radius 1 is 0.764 bits per heavy atom. The van der Waals surface area contributed by atoms with Crippen LogP contribution < -0.4 is 16.4 Å². The number of carboxylic acid groups (broad SMARTS) is 1. The van der Waals surface area contributed by atoms with Crippen LogP contribution in [-0.4, -0.2) is 52.2 Å². The van der Waals surface area contributed by atoms with E-state index in [9.17, 15) is 4.79 Å². The van der Waals surface area contributed by atoms with E-state index in [-0.39, 0.29) is 25.1 Å². The lowest BCUT2D eigenvalue weighted by molar-refractivity contribution is 0.0697. The third-order valence-electron chi connectivity index (χ3n) is 9.52. The number of benzene rings is 2. The minimum Gasteiger partial charge on any atom is -0.478 e. The van der Waals surface area contributed by atoms with Crippen molar-refractivity contribution in [1.29, 1.82) is 0 Å². The number of carbonyl (C=O) groups is 1. The summed E-state index contributed by atoms with van der Waals surface area (Å²) in [6.07, 6.45) is 4.52. The first-order valence-electron chi connectivity index (χ1n) is 18.1. The first kappa shape index (κ1) is 41.8. The number of oxime groups is 1. The molecule has 14 nitrogen and oxygen atoms in total. The van der Waals surface area contributed by atoms with Crippen molar-refractivity contribution >= 4 is 23.4 Å². The number of nitrogens with zero attached hydrogens (tertiary/aromatic N) is 7. The van der Waals surface area contributed by atoms with Gasteiger partial charge in [-0.1, -0.05) is 42.0 Å². The molecule has 2 fully saturated rings. The van der Waals surface area contributed by atoms with Crippen molar-refractivity contribution in [3.05, 3.63) is 105 Å². The molecule has 5 aromatic rings. The lowest BCUT2D eigenvalue weighted by Gasteiger charge is -2.18. The standard InChI is InChI=1S/C20H23N5O.C16H19N3O2.C4H8N2O.CH4/c1-11-12(2)21-14(4)23-18(11)22-13(3)15-5-9-17(10-6-15)20-24-19(25-26-20)16-7-8-16;1-9-10(2)17-12(4)19-15(9)18-11(3)13-5-7-14(8-6-13)16(20)21;5-4(6-7)3-1-2-3;/h5-6,9-10,13,16H,7-8H2,1-4H3,(H,21,22,23);5-8,11H,1-4H3,(H,20,21)(H,17,18,19);3,7H,1-2H2,(H2,5,6);1H4/t13-;11-;;/m00../s1. The Kier molecular flexibility index (Phi) is 14.0. The smallest absolute Gasteiger partial charge is 0.335 e. The number of carboxylic acids is 1. The van der Waals surface area contributed by atoms with Crippen molar-refractivity contribution in [2.45, 2.75) is 107 Å². The minimum atomic E-state index is -0.917. The van der Waals surface area contributed by atoms with Gasteiger partial charge < -0.3 is 31.2 Å². The number of aromatic nitrogens is 6. The second-order valence-electron chi connectivity index (χ2n) is 14.0. The van der Waals surface area contributed by atoms with E-state index < -0.39 is 5.97 Å². The first-order chi connectivity index (χ1) is 25.7. The van der Waals surface area contributed by atoms with Crippen LogP contribution in [-0.2, 0) is 0 Å². The van der Waals surface area contributed by atoms with Crippen LogP contribution in [0.25, 0.3) is 11.5 Å². The maximum absolute atomic E-state index is 10.9. The molecule has 6 N–H and O–H groups in total. The molecule has 0 spiro atoms. The second kappa shape index (κ2) is 18.4. The molecule has 0 unspecified atom stereocenters. The Morgan fingerprint density at radius 2 is 1.24 bits per heavy atom. The Morgan fingerprint density at radius 3 is 1.64 bits per heavy atom. The maximum Gasteiger partial charge on any atom is 0.335 e. The molecule has 2 saturated carbocycles. The summed E-state index contributed by atoms with van der Waals surface area (Å²) in [7, 11) is 0. The fraction of sp³-hybridized carbons (Fsp3) is 0.415. The van der Waals surface area contributed by atoms with E-state index in [0.717, 1.165) is 75.6 Å². The highest BCUT2D eigenvalue weighted by Crippen LogP contribution is 2.39. The molecule has 0 bridgehead atoms. The Labute approximate surface area is 323 Å². The summed E-state index contributed by atoms with van der Waals surface area (Å²) in [4.78, 5) is 33.1. The highest BCUT2D eigenvalue weighted by atomic mass is 16.5. The molecule has 0 aliphatic heterocycles. The normalized spacial score (nSPS) is 14.6. The third kappa shape index (κ3) is 11.3. The Hall–Kier alpha value is -5.92. The minimum absolute atomic E-state index is 0. The first-order valence-corrected chi connectivity index (χ1v) is 18.1. The van der Waals surface area contributed by atoms with Gasteiger partial charge in [-0.05, 0) is 116 Å². The highest BCUT2D eigenvalue weighted by Gasteiger charge is 2.29. The van der Waals surface area contributed by atoms with Crippen molar-refractivity contribution in [3.8, 4) is 11.5 Å². The van der Waals surface area contributed by atoms with Gasteiger partial charge >= 0.3 is 5.97 Å². The van der Waals surface area contributed by atoms with Crippen LogP contribution in [0.3, 0.4) is 0 Å². The molecule has 3 heterocycles. The number of hydrogen-bond donors (Lipinski definition) is 5. The van der Waals surface area contributed by atoms with Gasteiger partial charge in [0, 0.05) is 52.0 Å². The van der Waals surface area contributed by atoms with Crippen molar-refractivity contribution in [3.63, 3.8) is 0 Å². The van der Waals surface area contributed by atoms with Gasteiger partial charge in [-0.2, -0.15) is 4.98 Å². The lowest BCUT2D eigenvalue weighted by atomic mass is 10.1. The summed E-state index contributed by atoms with van der Waals surface area (Å²) in [6.45, 7) is 15.9. The molecule has 2 aromatic carbocycles. The average Bonchev–Trinajstić information content (AvgIpc) is 4.11. The van der Waals surface area contributed by atoms with Gasteiger partial charge in [0.2, 0.25) is 0 Å². The predicted molar refractivity (Wildman–Crippen MR) is 215 cm³/mol. The molecule has 3 aromatic heterocycles. The molecule has 2 aliphatic carbocycles. The Balaban J connectivity index is 0.000000208. The van der Waals surface area contributed by atoms with Gasteiger partial charge in [-0.25, -0.2) is 24.7 Å². The summed E-state index contributed by atoms with van der Waals surface area (Å²) >= 11 is 0. The summed E-state index contributed by atoms with van der Waals surface area (Å²) in [6, 6.07) is 15.2. The highest BCUT2D eigenvalue weighted by molar-refractivity contribution is 5.87. The van der Waals surface area contributed by atoms with Gasteiger partial charge in [0.1, 0.15) is 29.1 Å². The van der Waals surface area contributed by atoms with Crippen LogP contribution in [0.1, 0.15) is 126 Å². The number of aryl methyl sites for hydroxylation is 4. The van der Waals surface area contributed by atoms with Crippen LogP contribution in [0.4, 0.5) is 11.6 Å². The van der Waals surface area contributed by atoms with E-state index in [0.29, 0.717) is 23.6 Å². The topological polar surface area (TPSA) is 210 Å². The van der Waals surface area contributed by atoms with Crippen molar-refractivity contribution in [2.24, 2.45) is 16.8 Å². The number of aromatic carboxylic acids is 1. The molecular weight excluding hydrogens is 697 g/mol. The quantitative estimate of drug-likeness (QED) is 0.0392. The van der Waals surface area contributed by atoms with E-state index >= 15 is 0 Å². The van der Waals surface area contributed by atoms with Crippen LogP contribution in [0.15, 0.2) is 58.2 Å². The van der Waals surface area contributed by atoms with Gasteiger partial charge in [0.05, 0.1) is 5.56 Å². The lowest BCUT2D eigenvalue weighted by Crippen LogP contribution is -2.12. The Bertz CT molecular complexity index is 2090. The van der Waals surface area contributed by atoms with Crippen molar-refractivity contribution in [2.75, 3.05) is 10.6 Å². The van der Waals surface area contributed by atoms with E-state index in [4.69, 9.17) is 20.6 Å². The fourth-order valence-electron chi connectivity index (χ4n) is 5.54. The van der Waals surface area contributed by atoms with Gasteiger partial charge in [-0.3, -0.25) is 0 Å². The molecule has 0 saturated heterocycles. The van der Waals surface area contributed by atoms with Gasteiger partial charge in [0.15, 0.2) is 5.82 Å². The number of hydrogen-bond acceptors (Lipinski definition) is 12. The van der Waals surface area contributed by atoms with Gasteiger partial charge in [0.25, 0.3) is 5.89 Å². The molecule has 7 rings (SSSR count). The van der Waals surface area contributed by atoms with Crippen molar-refractivity contribution < 1.29 is 19.6 Å². The maximum atomic E-state index is 10.9. The third-order valence-corrected chi connectivity index (χ3v) is 9.52. The monoisotopic (exact) mass is 750 g/mol. The number of nitrogens with one attached hydrogen (secondary N) is 2. The van der Waals surface area contributed by atoms with E-state index in [1.807, 2.05) is 72.7 Å². The SMILES string of the molecule is C.Cc1nc(C)c(C)c(N[C@@H](C)c2ccc(-c3nc(C4CC4)no3)cc2)n1.Cc1nc(C)c(C)c(N[C@@H](C)c2ccc(C(=O)O)cc2)n1.N/C(=N\O)C1CC1. The molecule has 0 amide bonds. The average molecular weight is 751 g/mol. The second-order valence-corrected chi connectivity index (χ2v) is 14.0. The summed E-state index contributed by atoms with van der Waals surface area (Å²) in [5.41, 5.74) is 12.7. The summed E-state index contributed by atoms with van der Waals surface area (Å²) in [5.74, 6) is 5.01. The van der Waals surface area contributed by atoms with E-state index in [2.05, 4.69) is 64.9 Å². The molecule has 292 valence electrons. The van der Waals surface area contributed by atoms with E-state index in [1.165, 1.54) is 18.4 Å². The zero-order valence-electron chi connectivity index (χ0n) is 32.2. The predicted octanol–water partition coefficient (Wildman–Crippen LogP) is 8.55. The number of anilines is 2. The number of amidine groups is 1. The number of nitrogens with two attached hydrogens (primary N) is 1. The van der Waals surface area contributed by atoms with Gasteiger partial charge in [-0.15, -0.1) is 0 Å². The molecule has 14 heteroatoms. The molecule has 55 heavy (non-hydrogen) atoms. The zero-order valence-corrected chi connectivity index (χ0v) is 32.2. The molecular formula is C41H54N10O4. The van der Waals surface area contributed by atoms with Crippen molar-refractivity contribution in [1.82, 2.24) is 30.1 Å².